The fourth-order valence-corrected chi connectivity index (χ4v) is 3.35. The van der Waals surface area contributed by atoms with Crippen LogP contribution in [0.3, 0.4) is 0 Å². The van der Waals surface area contributed by atoms with Gasteiger partial charge in [0.25, 0.3) is 0 Å². The molecule has 136 valence electrons. The van der Waals surface area contributed by atoms with Crippen LogP contribution in [0.25, 0.3) is 0 Å². The number of nitrogens with zero attached hydrogens (tertiary/aromatic N) is 4. The number of rotatable bonds is 0. The highest BCUT2D eigenvalue weighted by Gasteiger charge is 2.06. The molecule has 0 aliphatic carbocycles. The molecule has 0 amide bonds. The van der Waals surface area contributed by atoms with Crippen molar-refractivity contribution in [3.8, 4) is 0 Å². The SMILES string of the molecule is C1=CCCCCNONCCCCn2nnnc2SCCCCC1. The lowest BCUT2D eigenvalue weighted by Gasteiger charge is -2.07. The van der Waals surface area contributed by atoms with Crippen LogP contribution in [0.4, 0.5) is 0 Å². The van der Waals surface area contributed by atoms with E-state index in [4.69, 9.17) is 4.94 Å². The molecule has 0 atom stereocenters. The molecule has 0 saturated carbocycles. The lowest BCUT2D eigenvalue weighted by atomic mass is 10.1. The van der Waals surface area contributed by atoms with Gasteiger partial charge in [-0.15, -0.1) is 5.10 Å². The molecule has 2 heterocycles. The molecule has 0 bridgehead atoms. The summed E-state index contributed by atoms with van der Waals surface area (Å²) in [6.45, 7) is 2.56. The van der Waals surface area contributed by atoms with E-state index in [1.165, 1.54) is 32.1 Å². The van der Waals surface area contributed by atoms with Gasteiger partial charge in [-0.05, 0) is 61.8 Å². The molecule has 0 unspecified atom stereocenters. The van der Waals surface area contributed by atoms with Crippen LogP contribution < -0.4 is 11.0 Å². The summed E-state index contributed by atoms with van der Waals surface area (Å²) in [7, 11) is 0. The van der Waals surface area contributed by atoms with Crippen molar-refractivity contribution in [2.75, 3.05) is 18.8 Å². The molecule has 0 fully saturated rings. The minimum Gasteiger partial charge on any atom is -0.220 e. The van der Waals surface area contributed by atoms with Gasteiger partial charge in [0.05, 0.1) is 0 Å². The van der Waals surface area contributed by atoms with Gasteiger partial charge in [0, 0.05) is 25.4 Å². The average Bonchev–Trinajstić information content (AvgIpc) is 3.03. The molecule has 2 rings (SSSR count). The van der Waals surface area contributed by atoms with Crippen molar-refractivity contribution in [3.05, 3.63) is 12.2 Å². The molecule has 8 heteroatoms. The van der Waals surface area contributed by atoms with Crippen molar-refractivity contribution in [2.45, 2.75) is 69.5 Å². The smallest absolute Gasteiger partial charge is 0.209 e. The molecule has 7 nitrogen and oxygen atoms in total. The van der Waals surface area contributed by atoms with Gasteiger partial charge in [0.2, 0.25) is 5.16 Å². The monoisotopic (exact) mass is 354 g/mol. The first-order chi connectivity index (χ1) is 12.0. The van der Waals surface area contributed by atoms with Crippen molar-refractivity contribution in [2.24, 2.45) is 0 Å². The van der Waals surface area contributed by atoms with Crippen LogP contribution in [0.15, 0.2) is 17.3 Å². The number of thioether (sulfide) groups is 1. The summed E-state index contributed by atoms with van der Waals surface area (Å²) < 4.78 is 1.91. The summed E-state index contributed by atoms with van der Waals surface area (Å²) in [6, 6.07) is 0. The zero-order chi connectivity index (χ0) is 16.7. The van der Waals surface area contributed by atoms with E-state index in [9.17, 15) is 0 Å². The second-order valence-electron chi connectivity index (χ2n) is 5.95. The summed E-state index contributed by atoms with van der Waals surface area (Å²) in [6.07, 6.45) is 15.1. The molecule has 0 radical (unpaired) electrons. The van der Waals surface area contributed by atoms with Crippen LogP contribution in [-0.4, -0.2) is 39.0 Å². The molecule has 1 aromatic heterocycles. The molecule has 0 spiro atoms. The Morgan fingerprint density at radius 1 is 0.917 bits per heavy atom. The fourth-order valence-electron chi connectivity index (χ4n) is 2.45. The second kappa shape index (κ2) is 13.3. The van der Waals surface area contributed by atoms with Crippen molar-refractivity contribution in [1.82, 2.24) is 31.2 Å². The van der Waals surface area contributed by atoms with Crippen LogP contribution in [0, 0.1) is 0 Å². The van der Waals surface area contributed by atoms with Crippen molar-refractivity contribution >= 4 is 11.8 Å². The van der Waals surface area contributed by atoms with Gasteiger partial charge in [0.1, 0.15) is 0 Å². The first kappa shape index (κ1) is 19.4. The molecule has 1 aliphatic rings. The predicted molar refractivity (Wildman–Crippen MR) is 96.3 cm³/mol. The zero-order valence-electron chi connectivity index (χ0n) is 14.5. The van der Waals surface area contributed by atoms with E-state index in [1.807, 2.05) is 4.68 Å². The van der Waals surface area contributed by atoms with Gasteiger partial charge in [-0.2, -0.15) is 11.0 Å². The lowest BCUT2D eigenvalue weighted by Crippen LogP contribution is -2.27. The number of hydroxylamine groups is 2. The molecule has 2 N–H and O–H groups in total. The summed E-state index contributed by atoms with van der Waals surface area (Å²) >= 11 is 1.76. The Morgan fingerprint density at radius 2 is 1.67 bits per heavy atom. The van der Waals surface area contributed by atoms with E-state index in [0.717, 1.165) is 56.2 Å². The summed E-state index contributed by atoms with van der Waals surface area (Å²) in [5.41, 5.74) is 5.89. The highest BCUT2D eigenvalue weighted by molar-refractivity contribution is 7.99. The van der Waals surface area contributed by atoms with Crippen LogP contribution in [0.1, 0.15) is 57.8 Å². The van der Waals surface area contributed by atoms with Gasteiger partial charge in [-0.3, -0.25) is 0 Å². The summed E-state index contributed by atoms with van der Waals surface area (Å²) in [5.74, 6) is 1.09. The topological polar surface area (TPSA) is 76.9 Å². The Kier molecular flexibility index (Phi) is 10.8. The first-order valence-corrected chi connectivity index (χ1v) is 10.1. The second-order valence-corrected chi connectivity index (χ2v) is 7.01. The average molecular weight is 355 g/mol. The number of hydrogen-bond donors (Lipinski definition) is 2. The predicted octanol–water partition coefficient (Wildman–Crippen LogP) is 2.87. The van der Waals surface area contributed by atoms with Crippen LogP contribution in [0.5, 0.6) is 0 Å². The maximum atomic E-state index is 5.22. The molecule has 0 aromatic carbocycles. The number of aromatic nitrogens is 4. The van der Waals surface area contributed by atoms with E-state index in [1.54, 1.807) is 11.8 Å². The fraction of sp³-hybridized carbons (Fsp3) is 0.812. The zero-order valence-corrected chi connectivity index (χ0v) is 15.3. The van der Waals surface area contributed by atoms with Crippen molar-refractivity contribution < 1.29 is 4.94 Å². The van der Waals surface area contributed by atoms with Crippen molar-refractivity contribution in [3.63, 3.8) is 0 Å². The molecular weight excluding hydrogens is 324 g/mol. The molecular formula is C16H30N6OS. The van der Waals surface area contributed by atoms with E-state index >= 15 is 0 Å². The third kappa shape index (κ3) is 8.77. The van der Waals surface area contributed by atoms with Gasteiger partial charge in [0.15, 0.2) is 0 Å². The Morgan fingerprint density at radius 3 is 2.50 bits per heavy atom. The highest BCUT2D eigenvalue weighted by atomic mass is 32.2. The number of nitrogens with one attached hydrogen (secondary N) is 2. The van der Waals surface area contributed by atoms with Crippen LogP contribution in [0.2, 0.25) is 0 Å². The van der Waals surface area contributed by atoms with Crippen LogP contribution in [-0.2, 0) is 11.5 Å². The third-order valence-electron chi connectivity index (χ3n) is 3.85. The maximum Gasteiger partial charge on any atom is 0.209 e. The Hall–Kier alpha value is -0.960. The molecule has 0 saturated heterocycles. The lowest BCUT2D eigenvalue weighted by molar-refractivity contribution is -0.0387. The third-order valence-corrected chi connectivity index (χ3v) is 4.90. The van der Waals surface area contributed by atoms with E-state index in [0.29, 0.717) is 0 Å². The van der Waals surface area contributed by atoms with Gasteiger partial charge >= 0.3 is 0 Å². The van der Waals surface area contributed by atoms with Crippen LogP contribution >= 0.6 is 11.8 Å². The Balaban J connectivity index is 1.71. The number of hydrogen-bond acceptors (Lipinski definition) is 7. The van der Waals surface area contributed by atoms with E-state index in [-0.39, 0.29) is 0 Å². The maximum absolute atomic E-state index is 5.22. The van der Waals surface area contributed by atoms with Gasteiger partial charge < -0.3 is 0 Å². The molecule has 1 aromatic rings. The summed E-state index contributed by atoms with van der Waals surface area (Å²) in [5, 5.41) is 12.9. The largest absolute Gasteiger partial charge is 0.220 e. The molecule has 1 aliphatic heterocycles. The number of allylic oxidation sites excluding steroid dienone is 2. The standard InChI is InChI=1S/C16H30N6OS/c1-2-4-6-8-12-17-23-18-13-9-10-14-22-16(19-20-21-22)24-15-11-7-5-3-1/h1-2,17-18H,3-15H2. The first-order valence-electron chi connectivity index (χ1n) is 9.12. The van der Waals surface area contributed by atoms with Gasteiger partial charge in [-0.25, -0.2) is 9.62 Å². The number of fused-ring (bicyclic) bond motifs is 1. The normalized spacial score (nSPS) is 20.8. The van der Waals surface area contributed by atoms with E-state index < -0.39 is 0 Å². The van der Waals surface area contributed by atoms with Gasteiger partial charge in [-0.1, -0.05) is 30.3 Å². The minimum atomic E-state index is 0.820. The quantitative estimate of drug-likeness (QED) is 0.694. The number of aryl methyl sites for hydroxylation is 1. The summed E-state index contributed by atoms with van der Waals surface area (Å²) in [4.78, 5) is 5.22. The minimum absolute atomic E-state index is 0.820. The number of tetrazole rings is 1. The van der Waals surface area contributed by atoms with Crippen molar-refractivity contribution in [1.29, 1.82) is 0 Å². The Bertz CT molecular complexity index is 454. The van der Waals surface area contributed by atoms with E-state index in [2.05, 4.69) is 38.6 Å². The Labute approximate surface area is 148 Å². The molecule has 24 heavy (non-hydrogen) atoms. The highest BCUT2D eigenvalue weighted by Crippen LogP contribution is 2.17.